The third-order valence-electron chi connectivity index (χ3n) is 3.11. The van der Waals surface area contributed by atoms with E-state index in [0.717, 1.165) is 31.4 Å². The van der Waals surface area contributed by atoms with Crippen LogP contribution in [-0.2, 0) is 17.8 Å². The molecule has 1 rings (SSSR count). The first-order valence-electron chi connectivity index (χ1n) is 6.99. The van der Waals surface area contributed by atoms with E-state index in [1.54, 1.807) is 6.20 Å². The molecular formula is C14H25N3O2. The molecule has 5 nitrogen and oxygen atoms in total. The van der Waals surface area contributed by atoms with Gasteiger partial charge < -0.3 is 15.5 Å². The van der Waals surface area contributed by atoms with Gasteiger partial charge >= 0.3 is 0 Å². The molecule has 0 aromatic carbocycles. The van der Waals surface area contributed by atoms with Crippen molar-refractivity contribution in [2.24, 2.45) is 11.7 Å². The monoisotopic (exact) mass is 267 g/mol. The van der Waals surface area contributed by atoms with Crippen LogP contribution in [0.1, 0.15) is 51.7 Å². The van der Waals surface area contributed by atoms with E-state index in [2.05, 4.69) is 10.3 Å². The largest absolute Gasteiger partial charge is 0.444 e. The highest BCUT2D eigenvalue weighted by Gasteiger charge is 2.13. The molecule has 5 heteroatoms. The van der Waals surface area contributed by atoms with Gasteiger partial charge in [-0.1, -0.05) is 20.3 Å². The normalized spacial score (nSPS) is 14.1. The Morgan fingerprint density at radius 1 is 1.47 bits per heavy atom. The van der Waals surface area contributed by atoms with Gasteiger partial charge in [-0.05, 0) is 19.8 Å². The molecule has 0 radical (unpaired) electrons. The molecular weight excluding hydrogens is 242 g/mol. The minimum absolute atomic E-state index is 0.000595. The quantitative estimate of drug-likeness (QED) is 0.755. The Balaban J connectivity index is 2.26. The van der Waals surface area contributed by atoms with Crippen LogP contribution in [0.15, 0.2) is 10.6 Å². The third-order valence-corrected chi connectivity index (χ3v) is 3.11. The molecule has 0 saturated carbocycles. The number of nitrogens with one attached hydrogen (secondary N) is 1. The van der Waals surface area contributed by atoms with E-state index in [-0.39, 0.29) is 17.9 Å². The lowest BCUT2D eigenvalue weighted by atomic mass is 10.0. The van der Waals surface area contributed by atoms with Crippen molar-refractivity contribution in [2.45, 2.75) is 59.0 Å². The zero-order valence-electron chi connectivity index (χ0n) is 12.1. The van der Waals surface area contributed by atoms with E-state index in [0.29, 0.717) is 12.4 Å². The van der Waals surface area contributed by atoms with E-state index in [1.165, 1.54) is 0 Å². The second kappa shape index (κ2) is 7.94. The van der Waals surface area contributed by atoms with Crippen molar-refractivity contribution in [3.05, 3.63) is 17.8 Å². The molecule has 0 saturated heterocycles. The molecule has 108 valence electrons. The molecule has 0 aliphatic rings. The van der Waals surface area contributed by atoms with E-state index < -0.39 is 0 Å². The smallest absolute Gasteiger partial charge is 0.223 e. The number of hydrogen-bond donors (Lipinski definition) is 2. The fourth-order valence-electron chi connectivity index (χ4n) is 1.81. The Bertz CT molecular complexity index is 388. The fourth-order valence-corrected chi connectivity index (χ4v) is 1.81. The van der Waals surface area contributed by atoms with Gasteiger partial charge in [0.15, 0.2) is 0 Å². The average Bonchev–Trinajstić information content (AvgIpc) is 2.83. The van der Waals surface area contributed by atoms with Crippen LogP contribution in [0.2, 0.25) is 0 Å². The standard InChI is InChI=1S/C14H25N3O2/c1-4-12-8-16-13(19-12)9-17-14(18)10(2)6-5-7-11(3)15/h8,10-11H,4-7,9,15H2,1-3H3,(H,17,18). The predicted molar refractivity (Wildman–Crippen MR) is 74.4 cm³/mol. The summed E-state index contributed by atoms with van der Waals surface area (Å²) < 4.78 is 5.43. The lowest BCUT2D eigenvalue weighted by Gasteiger charge is -2.11. The van der Waals surface area contributed by atoms with Crippen LogP contribution in [-0.4, -0.2) is 16.9 Å². The summed E-state index contributed by atoms with van der Waals surface area (Å²) in [5.41, 5.74) is 5.68. The van der Waals surface area contributed by atoms with Crippen molar-refractivity contribution < 1.29 is 9.21 Å². The van der Waals surface area contributed by atoms with Crippen LogP contribution in [0.5, 0.6) is 0 Å². The Morgan fingerprint density at radius 3 is 2.79 bits per heavy atom. The topological polar surface area (TPSA) is 81.2 Å². The number of oxazole rings is 1. The first kappa shape index (κ1) is 15.7. The molecule has 0 bridgehead atoms. The van der Waals surface area contributed by atoms with E-state index >= 15 is 0 Å². The summed E-state index contributed by atoms with van der Waals surface area (Å²) in [4.78, 5) is 16.0. The molecule has 0 aliphatic carbocycles. The van der Waals surface area contributed by atoms with Gasteiger partial charge in [0.1, 0.15) is 5.76 Å². The fraction of sp³-hybridized carbons (Fsp3) is 0.714. The minimum Gasteiger partial charge on any atom is -0.444 e. The summed E-state index contributed by atoms with van der Waals surface area (Å²) in [6.07, 6.45) is 5.31. The molecule has 0 aliphatic heterocycles. The maximum atomic E-state index is 11.9. The van der Waals surface area contributed by atoms with Crippen LogP contribution in [0, 0.1) is 5.92 Å². The second-order valence-corrected chi connectivity index (χ2v) is 5.10. The molecule has 19 heavy (non-hydrogen) atoms. The minimum atomic E-state index is -0.000595. The molecule has 0 spiro atoms. The number of amides is 1. The van der Waals surface area contributed by atoms with Crippen molar-refractivity contribution in [3.63, 3.8) is 0 Å². The van der Waals surface area contributed by atoms with E-state index in [9.17, 15) is 4.79 Å². The van der Waals surface area contributed by atoms with Gasteiger partial charge in [0.05, 0.1) is 12.7 Å². The summed E-state index contributed by atoms with van der Waals surface area (Å²) in [6.45, 7) is 6.28. The third kappa shape index (κ3) is 5.87. The Labute approximate surface area is 115 Å². The molecule has 1 amide bonds. The number of nitrogens with two attached hydrogens (primary N) is 1. The number of nitrogens with zero attached hydrogens (tertiary/aromatic N) is 1. The van der Waals surface area contributed by atoms with Gasteiger partial charge in [0.25, 0.3) is 0 Å². The average molecular weight is 267 g/mol. The van der Waals surface area contributed by atoms with Gasteiger partial charge in [-0.2, -0.15) is 0 Å². The van der Waals surface area contributed by atoms with Crippen molar-refractivity contribution >= 4 is 5.91 Å². The van der Waals surface area contributed by atoms with Crippen molar-refractivity contribution in [1.82, 2.24) is 10.3 Å². The Morgan fingerprint density at radius 2 is 2.21 bits per heavy atom. The zero-order valence-corrected chi connectivity index (χ0v) is 12.1. The van der Waals surface area contributed by atoms with Crippen molar-refractivity contribution in [2.75, 3.05) is 0 Å². The van der Waals surface area contributed by atoms with Crippen LogP contribution in [0.3, 0.4) is 0 Å². The molecule has 2 atom stereocenters. The highest BCUT2D eigenvalue weighted by Crippen LogP contribution is 2.10. The molecule has 1 heterocycles. The molecule has 0 fully saturated rings. The number of carbonyl (C=O) groups is 1. The summed E-state index contributed by atoms with van der Waals surface area (Å²) in [6, 6.07) is 0.204. The zero-order chi connectivity index (χ0) is 14.3. The van der Waals surface area contributed by atoms with E-state index in [1.807, 2.05) is 20.8 Å². The second-order valence-electron chi connectivity index (χ2n) is 5.10. The molecule has 1 aromatic rings. The molecule has 1 aromatic heterocycles. The molecule has 3 N–H and O–H groups in total. The number of carbonyl (C=O) groups excluding carboxylic acids is 1. The van der Waals surface area contributed by atoms with E-state index in [4.69, 9.17) is 10.2 Å². The van der Waals surface area contributed by atoms with Gasteiger partial charge in [-0.15, -0.1) is 0 Å². The number of rotatable bonds is 8. The summed E-state index contributed by atoms with van der Waals surface area (Å²) >= 11 is 0. The first-order valence-corrected chi connectivity index (χ1v) is 6.99. The molecule has 2 unspecified atom stereocenters. The lowest BCUT2D eigenvalue weighted by Crippen LogP contribution is -2.29. The first-order chi connectivity index (χ1) is 9.02. The van der Waals surface area contributed by atoms with Crippen molar-refractivity contribution in [1.29, 1.82) is 0 Å². The highest BCUT2D eigenvalue weighted by atomic mass is 16.4. The van der Waals surface area contributed by atoms with Gasteiger partial charge in [0, 0.05) is 18.4 Å². The van der Waals surface area contributed by atoms with Crippen LogP contribution in [0.4, 0.5) is 0 Å². The van der Waals surface area contributed by atoms with Crippen LogP contribution >= 0.6 is 0 Å². The van der Waals surface area contributed by atoms with Crippen LogP contribution < -0.4 is 11.1 Å². The maximum absolute atomic E-state index is 11.9. The van der Waals surface area contributed by atoms with Gasteiger partial charge in [-0.3, -0.25) is 4.79 Å². The predicted octanol–water partition coefficient (Wildman–Crippen LogP) is 2.01. The SMILES string of the molecule is CCc1cnc(CNC(=O)C(C)CCCC(C)N)o1. The highest BCUT2D eigenvalue weighted by molar-refractivity contribution is 5.78. The number of aryl methyl sites for hydroxylation is 1. The number of aromatic nitrogens is 1. The van der Waals surface area contributed by atoms with Crippen molar-refractivity contribution in [3.8, 4) is 0 Å². The maximum Gasteiger partial charge on any atom is 0.223 e. The number of hydrogen-bond acceptors (Lipinski definition) is 4. The summed E-state index contributed by atoms with van der Waals surface area (Å²) in [5.74, 6) is 1.45. The summed E-state index contributed by atoms with van der Waals surface area (Å²) in [7, 11) is 0. The summed E-state index contributed by atoms with van der Waals surface area (Å²) in [5, 5.41) is 2.85. The van der Waals surface area contributed by atoms with Gasteiger partial charge in [-0.25, -0.2) is 4.98 Å². The Kier molecular flexibility index (Phi) is 6.56. The van der Waals surface area contributed by atoms with Gasteiger partial charge in [0.2, 0.25) is 11.8 Å². The Hall–Kier alpha value is -1.36. The van der Waals surface area contributed by atoms with Crippen LogP contribution in [0.25, 0.3) is 0 Å². The lowest BCUT2D eigenvalue weighted by molar-refractivity contribution is -0.125.